The molecule has 0 unspecified atom stereocenters. The average Bonchev–Trinajstić information content (AvgIpc) is 2.69. The monoisotopic (exact) mass is 448 g/mol. The van der Waals surface area contributed by atoms with Crippen molar-refractivity contribution >= 4 is 16.7 Å². The fourth-order valence-electron chi connectivity index (χ4n) is 4.38. The maximum Gasteiger partial charge on any atom is 0.273 e. The van der Waals surface area contributed by atoms with Gasteiger partial charge in [-0.2, -0.15) is 0 Å². The Morgan fingerprint density at radius 2 is 2.00 bits per heavy atom. The minimum absolute atomic E-state index is 0.0612. The molecule has 9 heteroatoms. The summed E-state index contributed by atoms with van der Waals surface area (Å²) in [6.07, 6.45) is 1.77. The van der Waals surface area contributed by atoms with Crippen molar-refractivity contribution in [1.29, 1.82) is 0 Å². The van der Waals surface area contributed by atoms with Crippen molar-refractivity contribution in [3.8, 4) is 0 Å². The van der Waals surface area contributed by atoms with Crippen LogP contribution in [-0.4, -0.2) is 20.7 Å². The van der Waals surface area contributed by atoms with Crippen LogP contribution in [-0.2, 0) is 18.0 Å². The van der Waals surface area contributed by atoms with E-state index in [1.165, 1.54) is 22.8 Å². The minimum Gasteiger partial charge on any atom is -0.365 e. The van der Waals surface area contributed by atoms with E-state index in [9.17, 15) is 22.4 Å². The van der Waals surface area contributed by atoms with Crippen molar-refractivity contribution in [2.75, 3.05) is 5.32 Å². The molecule has 5 nitrogen and oxygen atoms in total. The van der Waals surface area contributed by atoms with E-state index in [-0.39, 0.29) is 30.5 Å². The summed E-state index contributed by atoms with van der Waals surface area (Å²) in [4.78, 5) is 21.4. The molecule has 2 heterocycles. The fraction of sp³-hybridized carbons (Fsp3) is 0.435. The molecule has 0 bridgehead atoms. The van der Waals surface area contributed by atoms with E-state index in [2.05, 4.69) is 15.3 Å². The van der Waals surface area contributed by atoms with Gasteiger partial charge >= 0.3 is 0 Å². The second kappa shape index (κ2) is 7.86. The molecule has 1 fully saturated rings. The number of nitrogens with zero attached hydrogens (tertiary/aromatic N) is 3. The molecule has 0 amide bonds. The highest BCUT2D eigenvalue weighted by Crippen LogP contribution is 2.43. The lowest BCUT2D eigenvalue weighted by atomic mass is 9.73. The Hall–Kier alpha value is -2.97. The van der Waals surface area contributed by atoms with Gasteiger partial charge in [0.25, 0.3) is 11.5 Å². The van der Waals surface area contributed by atoms with Gasteiger partial charge in [0.05, 0.1) is 22.0 Å². The molecule has 1 N–H and O–H groups in total. The third-order valence-electron chi connectivity index (χ3n) is 6.21. The lowest BCUT2D eigenvalue weighted by Crippen LogP contribution is -2.51. The molecule has 1 aliphatic rings. The van der Waals surface area contributed by atoms with Crippen LogP contribution < -0.4 is 10.9 Å². The summed E-state index contributed by atoms with van der Waals surface area (Å²) in [7, 11) is 0. The van der Waals surface area contributed by atoms with Gasteiger partial charge in [0, 0.05) is 44.1 Å². The molecule has 1 saturated carbocycles. The number of fused-ring (bicyclic) bond motifs is 1. The standard InChI is InChI=1S/C23H24F4N4O/c1-4-23(9-15(24)10-23)31-12-16-18(8-19(31)32)29-13(2)30-21(16)28-11-14-6-5-7-17(20(14)25)22(3,26)27/h5-8,12,15H,4,9-11H2,1-3H3,(H,28,29,30). The summed E-state index contributed by atoms with van der Waals surface area (Å²) in [5.41, 5.74) is -1.09. The number of aromatic nitrogens is 3. The smallest absolute Gasteiger partial charge is 0.273 e. The van der Waals surface area contributed by atoms with Crippen LogP contribution in [0.1, 0.15) is 50.1 Å². The number of rotatable bonds is 6. The molecule has 1 aromatic carbocycles. The average molecular weight is 448 g/mol. The highest BCUT2D eigenvalue weighted by atomic mass is 19.3. The number of halogens is 4. The molecule has 0 atom stereocenters. The Balaban J connectivity index is 1.74. The first-order chi connectivity index (χ1) is 15.0. The van der Waals surface area contributed by atoms with Gasteiger partial charge < -0.3 is 9.88 Å². The lowest BCUT2D eigenvalue weighted by Gasteiger charge is -2.45. The molecule has 1 aliphatic carbocycles. The van der Waals surface area contributed by atoms with Crippen LogP contribution in [0.3, 0.4) is 0 Å². The van der Waals surface area contributed by atoms with Crippen LogP contribution >= 0.6 is 0 Å². The Kier molecular flexibility index (Phi) is 5.46. The maximum absolute atomic E-state index is 14.6. The lowest BCUT2D eigenvalue weighted by molar-refractivity contribution is 0.0136. The predicted octanol–water partition coefficient (Wildman–Crippen LogP) is 5.20. The van der Waals surface area contributed by atoms with Gasteiger partial charge in [-0.25, -0.2) is 27.5 Å². The van der Waals surface area contributed by atoms with Gasteiger partial charge in [-0.05, 0) is 13.3 Å². The van der Waals surface area contributed by atoms with Gasteiger partial charge in [0.2, 0.25) is 0 Å². The van der Waals surface area contributed by atoms with E-state index in [4.69, 9.17) is 0 Å². The first-order valence-corrected chi connectivity index (χ1v) is 10.5. The summed E-state index contributed by atoms with van der Waals surface area (Å²) in [5, 5.41) is 3.52. The number of aryl methyl sites for hydroxylation is 1. The van der Waals surface area contributed by atoms with Crippen LogP contribution in [0.15, 0.2) is 35.3 Å². The normalized spacial score (nSPS) is 20.9. The van der Waals surface area contributed by atoms with Crippen LogP contribution in [0.4, 0.5) is 23.4 Å². The number of benzene rings is 1. The number of nitrogens with one attached hydrogen (secondary N) is 1. The molecule has 170 valence electrons. The second-order valence-electron chi connectivity index (χ2n) is 8.50. The third kappa shape index (κ3) is 3.84. The summed E-state index contributed by atoms with van der Waals surface area (Å²) < 4.78 is 57.2. The SMILES string of the molecule is CCC1(n2cc3c(NCc4cccc(C(C)(F)F)c4F)nc(C)nc3cc2=O)CC(F)C1. The van der Waals surface area contributed by atoms with Crippen molar-refractivity contribution in [1.82, 2.24) is 14.5 Å². The van der Waals surface area contributed by atoms with E-state index in [0.29, 0.717) is 35.9 Å². The van der Waals surface area contributed by atoms with Crippen LogP contribution in [0.5, 0.6) is 0 Å². The van der Waals surface area contributed by atoms with Crippen molar-refractivity contribution in [2.45, 2.75) is 64.2 Å². The Morgan fingerprint density at radius 3 is 2.62 bits per heavy atom. The van der Waals surface area contributed by atoms with E-state index in [1.807, 2.05) is 6.92 Å². The zero-order valence-electron chi connectivity index (χ0n) is 18.1. The summed E-state index contributed by atoms with van der Waals surface area (Å²) in [6.45, 7) is 4.12. The maximum atomic E-state index is 14.6. The number of alkyl halides is 3. The van der Waals surface area contributed by atoms with Crippen molar-refractivity contribution < 1.29 is 17.6 Å². The van der Waals surface area contributed by atoms with Gasteiger partial charge in [-0.1, -0.05) is 25.1 Å². The van der Waals surface area contributed by atoms with E-state index in [1.54, 1.807) is 13.1 Å². The summed E-state index contributed by atoms with van der Waals surface area (Å²) in [6, 6.07) is 5.24. The fourth-order valence-corrected chi connectivity index (χ4v) is 4.38. The number of pyridine rings is 1. The van der Waals surface area contributed by atoms with Gasteiger partial charge in [0.15, 0.2) is 0 Å². The van der Waals surface area contributed by atoms with Gasteiger partial charge in [-0.3, -0.25) is 4.79 Å². The molecule has 0 saturated heterocycles. The summed E-state index contributed by atoms with van der Waals surface area (Å²) in [5.74, 6) is -3.55. The topological polar surface area (TPSA) is 59.8 Å². The first kappa shape index (κ1) is 22.2. The van der Waals surface area contributed by atoms with Crippen molar-refractivity contribution in [3.63, 3.8) is 0 Å². The number of hydrogen-bond donors (Lipinski definition) is 1. The first-order valence-electron chi connectivity index (χ1n) is 10.5. The quantitative estimate of drug-likeness (QED) is 0.527. The van der Waals surface area contributed by atoms with Crippen LogP contribution in [0, 0.1) is 12.7 Å². The minimum atomic E-state index is -3.31. The van der Waals surface area contributed by atoms with Crippen LogP contribution in [0.25, 0.3) is 10.9 Å². The van der Waals surface area contributed by atoms with E-state index < -0.39 is 29.0 Å². The largest absolute Gasteiger partial charge is 0.365 e. The highest BCUT2D eigenvalue weighted by Gasteiger charge is 2.45. The molecular weight excluding hydrogens is 424 g/mol. The molecule has 2 aromatic heterocycles. The van der Waals surface area contributed by atoms with E-state index >= 15 is 0 Å². The molecule has 0 spiro atoms. The van der Waals surface area contributed by atoms with Crippen LogP contribution in [0.2, 0.25) is 0 Å². The Labute approximate surface area is 182 Å². The highest BCUT2D eigenvalue weighted by molar-refractivity contribution is 5.88. The Morgan fingerprint density at radius 1 is 1.28 bits per heavy atom. The molecule has 4 rings (SSSR count). The molecule has 32 heavy (non-hydrogen) atoms. The van der Waals surface area contributed by atoms with Gasteiger partial charge in [-0.15, -0.1) is 0 Å². The third-order valence-corrected chi connectivity index (χ3v) is 6.21. The van der Waals surface area contributed by atoms with Crippen molar-refractivity contribution in [2.24, 2.45) is 0 Å². The number of anilines is 1. The summed E-state index contributed by atoms with van der Waals surface area (Å²) >= 11 is 0. The predicted molar refractivity (Wildman–Crippen MR) is 114 cm³/mol. The Bertz CT molecular complexity index is 1230. The molecule has 0 aliphatic heterocycles. The zero-order chi connectivity index (χ0) is 23.3. The van der Waals surface area contributed by atoms with Gasteiger partial charge in [0.1, 0.15) is 23.6 Å². The number of hydrogen-bond acceptors (Lipinski definition) is 4. The van der Waals surface area contributed by atoms with E-state index in [0.717, 1.165) is 6.07 Å². The zero-order valence-corrected chi connectivity index (χ0v) is 18.1. The molecule has 0 radical (unpaired) electrons. The molecule has 3 aromatic rings. The molecular formula is C23H24F4N4O. The van der Waals surface area contributed by atoms with Crippen molar-refractivity contribution in [3.05, 3.63) is 63.6 Å². The second-order valence-corrected chi connectivity index (χ2v) is 8.50.